The standard InChI is InChI=1S/C20H24ClN3OS/c21-18-6-4-5-17(15-18)16-24(10-9-23-11-13-25-14-12-23)20(26)22-19-7-2-1-3-8-19/h1-8,15H,9-14,16H2,(H,22,26)/p+1. The fourth-order valence-electron chi connectivity index (χ4n) is 3.04. The van der Waals surface area contributed by atoms with E-state index >= 15 is 0 Å². The Morgan fingerprint density at radius 3 is 2.62 bits per heavy atom. The van der Waals surface area contributed by atoms with Gasteiger partial charge in [-0.15, -0.1) is 0 Å². The van der Waals surface area contributed by atoms with Crippen molar-refractivity contribution in [1.82, 2.24) is 4.90 Å². The van der Waals surface area contributed by atoms with Crippen LogP contribution >= 0.6 is 23.8 Å². The Balaban J connectivity index is 1.66. The number of quaternary nitrogens is 1. The first-order valence-electron chi connectivity index (χ1n) is 8.97. The van der Waals surface area contributed by atoms with Crippen molar-refractivity contribution >= 4 is 34.6 Å². The third kappa shape index (κ3) is 5.95. The van der Waals surface area contributed by atoms with Gasteiger partial charge in [0.05, 0.1) is 26.3 Å². The first kappa shape index (κ1) is 19.1. The third-order valence-electron chi connectivity index (χ3n) is 4.51. The summed E-state index contributed by atoms with van der Waals surface area (Å²) in [6, 6.07) is 18.0. The lowest BCUT2D eigenvalue weighted by Gasteiger charge is -2.29. The largest absolute Gasteiger partial charge is 0.370 e. The maximum absolute atomic E-state index is 6.15. The van der Waals surface area contributed by atoms with Crippen LogP contribution in [0.15, 0.2) is 54.6 Å². The fourth-order valence-corrected chi connectivity index (χ4v) is 3.52. The lowest BCUT2D eigenvalue weighted by atomic mass is 10.2. The van der Waals surface area contributed by atoms with Gasteiger partial charge in [-0.2, -0.15) is 0 Å². The Bertz CT molecular complexity index is 707. The highest BCUT2D eigenvalue weighted by Gasteiger charge is 2.17. The van der Waals surface area contributed by atoms with Crippen molar-refractivity contribution in [3.05, 3.63) is 65.2 Å². The van der Waals surface area contributed by atoms with Gasteiger partial charge in [0.1, 0.15) is 13.1 Å². The number of rotatable bonds is 6. The predicted molar refractivity (Wildman–Crippen MR) is 111 cm³/mol. The average molecular weight is 391 g/mol. The Labute approximate surface area is 165 Å². The average Bonchev–Trinajstić information content (AvgIpc) is 2.67. The Hall–Kier alpha value is -1.66. The van der Waals surface area contributed by atoms with E-state index in [1.54, 1.807) is 4.90 Å². The Kier molecular flexibility index (Phi) is 7.26. The van der Waals surface area contributed by atoms with Gasteiger partial charge in [-0.25, -0.2) is 0 Å². The van der Waals surface area contributed by atoms with Crippen LogP contribution in [0, 0.1) is 0 Å². The number of hydrogen-bond acceptors (Lipinski definition) is 2. The zero-order valence-corrected chi connectivity index (χ0v) is 16.4. The second kappa shape index (κ2) is 9.88. The molecule has 0 saturated carbocycles. The van der Waals surface area contributed by atoms with Crippen LogP contribution in [-0.4, -0.2) is 49.4 Å². The van der Waals surface area contributed by atoms with Gasteiger partial charge in [0, 0.05) is 17.3 Å². The van der Waals surface area contributed by atoms with E-state index in [2.05, 4.69) is 16.3 Å². The summed E-state index contributed by atoms with van der Waals surface area (Å²) >= 11 is 11.9. The summed E-state index contributed by atoms with van der Waals surface area (Å²) in [7, 11) is 0. The lowest BCUT2D eigenvalue weighted by molar-refractivity contribution is -0.907. The van der Waals surface area contributed by atoms with Gasteiger partial charge in [0.2, 0.25) is 0 Å². The molecule has 0 radical (unpaired) electrons. The molecule has 26 heavy (non-hydrogen) atoms. The van der Waals surface area contributed by atoms with Crippen LogP contribution in [0.2, 0.25) is 5.02 Å². The molecule has 1 saturated heterocycles. The molecule has 0 aromatic heterocycles. The molecule has 0 aliphatic carbocycles. The van der Waals surface area contributed by atoms with Crippen LogP contribution in [0.25, 0.3) is 0 Å². The number of anilines is 1. The minimum Gasteiger partial charge on any atom is -0.370 e. The highest BCUT2D eigenvalue weighted by atomic mass is 35.5. The molecule has 0 spiro atoms. The normalized spacial score (nSPS) is 14.8. The van der Waals surface area contributed by atoms with Crippen molar-refractivity contribution in [2.24, 2.45) is 0 Å². The van der Waals surface area contributed by atoms with Crippen molar-refractivity contribution < 1.29 is 9.64 Å². The van der Waals surface area contributed by atoms with E-state index in [1.807, 2.05) is 48.5 Å². The number of hydrogen-bond donors (Lipinski definition) is 2. The maximum Gasteiger partial charge on any atom is 0.173 e. The van der Waals surface area contributed by atoms with E-state index in [-0.39, 0.29) is 0 Å². The molecule has 1 aliphatic heterocycles. The van der Waals surface area contributed by atoms with Gasteiger partial charge in [0.25, 0.3) is 0 Å². The molecule has 0 amide bonds. The maximum atomic E-state index is 6.15. The first-order valence-corrected chi connectivity index (χ1v) is 9.76. The van der Waals surface area contributed by atoms with Crippen LogP contribution in [0.3, 0.4) is 0 Å². The van der Waals surface area contributed by atoms with Crippen molar-refractivity contribution in [2.75, 3.05) is 44.7 Å². The number of halogens is 1. The van der Waals surface area contributed by atoms with E-state index in [0.717, 1.165) is 67.3 Å². The predicted octanol–water partition coefficient (Wildman–Crippen LogP) is 2.45. The summed E-state index contributed by atoms with van der Waals surface area (Å²) in [4.78, 5) is 3.78. The molecular weight excluding hydrogens is 366 g/mol. The lowest BCUT2D eigenvalue weighted by Crippen LogP contribution is -3.14. The van der Waals surface area contributed by atoms with Gasteiger partial charge in [0.15, 0.2) is 5.11 Å². The molecule has 1 aliphatic rings. The molecule has 2 aromatic carbocycles. The van der Waals surface area contributed by atoms with Gasteiger partial charge in [-0.3, -0.25) is 0 Å². The molecule has 6 heteroatoms. The van der Waals surface area contributed by atoms with Gasteiger partial charge < -0.3 is 19.9 Å². The summed E-state index contributed by atoms with van der Waals surface area (Å²) in [5.41, 5.74) is 2.17. The van der Waals surface area contributed by atoms with Crippen molar-refractivity contribution in [1.29, 1.82) is 0 Å². The molecular formula is C20H25ClN3OS+. The summed E-state index contributed by atoms with van der Waals surface area (Å²) in [5.74, 6) is 0. The number of para-hydroxylation sites is 1. The van der Waals surface area contributed by atoms with Crippen molar-refractivity contribution in [3.8, 4) is 0 Å². The number of thiocarbonyl (C=S) groups is 1. The van der Waals surface area contributed by atoms with Crippen LogP contribution in [0.5, 0.6) is 0 Å². The van der Waals surface area contributed by atoms with Gasteiger partial charge >= 0.3 is 0 Å². The van der Waals surface area contributed by atoms with Crippen LogP contribution in [0.1, 0.15) is 5.56 Å². The zero-order valence-electron chi connectivity index (χ0n) is 14.8. The molecule has 2 aromatic rings. The fraction of sp³-hybridized carbons (Fsp3) is 0.350. The van der Waals surface area contributed by atoms with Gasteiger partial charge in [-0.1, -0.05) is 41.9 Å². The highest BCUT2D eigenvalue weighted by Crippen LogP contribution is 2.14. The summed E-state index contributed by atoms with van der Waals surface area (Å²) < 4.78 is 5.45. The summed E-state index contributed by atoms with van der Waals surface area (Å²) in [5, 5.41) is 4.85. The van der Waals surface area contributed by atoms with Crippen LogP contribution in [-0.2, 0) is 11.3 Å². The third-order valence-corrected chi connectivity index (χ3v) is 5.11. The molecule has 2 N–H and O–H groups in total. The van der Waals surface area contributed by atoms with E-state index in [0.29, 0.717) is 0 Å². The zero-order chi connectivity index (χ0) is 18.2. The van der Waals surface area contributed by atoms with E-state index < -0.39 is 0 Å². The number of ether oxygens (including phenoxy) is 1. The molecule has 1 heterocycles. The number of nitrogens with one attached hydrogen (secondary N) is 2. The van der Waals surface area contributed by atoms with E-state index in [1.165, 1.54) is 0 Å². The second-order valence-electron chi connectivity index (χ2n) is 6.46. The Morgan fingerprint density at radius 2 is 1.88 bits per heavy atom. The minimum absolute atomic E-state index is 0.739. The Morgan fingerprint density at radius 1 is 1.12 bits per heavy atom. The minimum atomic E-state index is 0.739. The van der Waals surface area contributed by atoms with E-state index in [4.69, 9.17) is 28.6 Å². The van der Waals surface area contributed by atoms with Crippen molar-refractivity contribution in [3.63, 3.8) is 0 Å². The molecule has 1 fully saturated rings. The SMILES string of the molecule is S=C(Nc1ccccc1)N(CC[NH+]1CCOCC1)Cc1cccc(Cl)c1. The smallest absolute Gasteiger partial charge is 0.173 e. The number of nitrogens with zero attached hydrogens (tertiary/aromatic N) is 1. The monoisotopic (exact) mass is 390 g/mol. The molecule has 0 bridgehead atoms. The molecule has 0 atom stereocenters. The molecule has 138 valence electrons. The van der Waals surface area contributed by atoms with Crippen molar-refractivity contribution in [2.45, 2.75) is 6.54 Å². The van der Waals surface area contributed by atoms with Crippen LogP contribution in [0.4, 0.5) is 5.69 Å². The molecule has 3 rings (SSSR count). The first-order chi connectivity index (χ1) is 12.7. The quantitative estimate of drug-likeness (QED) is 0.741. The molecule has 0 unspecified atom stereocenters. The van der Waals surface area contributed by atoms with E-state index in [9.17, 15) is 0 Å². The second-order valence-corrected chi connectivity index (χ2v) is 7.28. The molecule has 4 nitrogen and oxygen atoms in total. The van der Waals surface area contributed by atoms with Gasteiger partial charge in [-0.05, 0) is 42.0 Å². The summed E-state index contributed by atoms with van der Waals surface area (Å²) in [6.45, 7) is 6.48. The number of benzene rings is 2. The van der Waals surface area contributed by atoms with Crippen LogP contribution < -0.4 is 10.2 Å². The number of morpholine rings is 1. The highest BCUT2D eigenvalue weighted by molar-refractivity contribution is 7.80. The summed E-state index contributed by atoms with van der Waals surface area (Å²) in [6.07, 6.45) is 0. The topological polar surface area (TPSA) is 28.9 Å².